The molecule has 0 fully saturated rings. The van der Waals surface area contributed by atoms with Crippen molar-refractivity contribution in [3.63, 3.8) is 0 Å². The number of carbonyl (C=O) groups is 1. The number of aromatic nitrogens is 3. The van der Waals surface area contributed by atoms with Gasteiger partial charge in [-0.1, -0.05) is 0 Å². The quantitative estimate of drug-likeness (QED) is 0.768. The zero-order chi connectivity index (χ0) is 16.1. The number of pyridine rings is 1. The van der Waals surface area contributed by atoms with Gasteiger partial charge in [-0.2, -0.15) is 5.10 Å². The first-order valence-corrected chi connectivity index (χ1v) is 7.04. The molecule has 0 saturated heterocycles. The molecule has 3 aromatic heterocycles. The maximum absolute atomic E-state index is 11.9. The van der Waals surface area contributed by atoms with Crippen molar-refractivity contribution in [1.29, 1.82) is 0 Å². The van der Waals surface area contributed by atoms with Gasteiger partial charge in [-0.05, 0) is 30.3 Å². The fourth-order valence-electron chi connectivity index (χ4n) is 2.05. The van der Waals surface area contributed by atoms with Crippen molar-refractivity contribution in [3.8, 4) is 11.3 Å². The number of nitrogens with one attached hydrogen (secondary N) is 1. The third-order valence-electron chi connectivity index (χ3n) is 3.18. The number of furan rings is 1. The molecule has 7 nitrogen and oxygen atoms in total. The second-order valence-corrected chi connectivity index (χ2v) is 4.75. The molecule has 0 aromatic carbocycles. The Hall–Kier alpha value is -3.22. The van der Waals surface area contributed by atoms with Crippen molar-refractivity contribution in [2.45, 2.75) is 6.54 Å². The maximum atomic E-state index is 11.9. The van der Waals surface area contributed by atoms with Gasteiger partial charge >= 0.3 is 0 Å². The normalized spacial score (nSPS) is 10.4. The van der Waals surface area contributed by atoms with Crippen LogP contribution in [-0.2, 0) is 6.54 Å². The molecule has 3 rings (SSSR count). The lowest BCUT2D eigenvalue weighted by molar-refractivity contribution is 0.0924. The van der Waals surface area contributed by atoms with E-state index in [0.717, 1.165) is 5.56 Å². The molecule has 0 atom stereocenters. The molecule has 3 heterocycles. The summed E-state index contributed by atoms with van der Waals surface area (Å²) in [6.45, 7) is 0.530. The Morgan fingerprint density at radius 3 is 2.87 bits per heavy atom. The first-order chi connectivity index (χ1) is 11.2. The van der Waals surface area contributed by atoms with Gasteiger partial charge in [-0.15, -0.1) is 0 Å². The standard InChI is InChI=1S/C16H14N4O3/c21-15-6-5-13(12-3-1-7-17-11-12)19-20(15)9-8-18-16(22)14-4-2-10-23-14/h1-7,10-11H,8-9H2,(H,18,22). The molecule has 0 saturated carbocycles. The van der Waals surface area contributed by atoms with Crippen LogP contribution in [0.3, 0.4) is 0 Å². The van der Waals surface area contributed by atoms with Gasteiger partial charge < -0.3 is 9.73 Å². The van der Waals surface area contributed by atoms with Crippen LogP contribution >= 0.6 is 0 Å². The SMILES string of the molecule is O=C(NCCn1nc(-c2cccnc2)ccc1=O)c1ccco1. The molecule has 0 unspecified atom stereocenters. The molecule has 0 spiro atoms. The van der Waals surface area contributed by atoms with Crippen molar-refractivity contribution < 1.29 is 9.21 Å². The molecule has 0 aliphatic rings. The van der Waals surface area contributed by atoms with E-state index in [1.165, 1.54) is 17.0 Å². The van der Waals surface area contributed by atoms with E-state index in [1.807, 2.05) is 6.07 Å². The van der Waals surface area contributed by atoms with Crippen LogP contribution in [0.1, 0.15) is 10.6 Å². The van der Waals surface area contributed by atoms with Crippen molar-refractivity contribution in [2.24, 2.45) is 0 Å². The van der Waals surface area contributed by atoms with E-state index < -0.39 is 0 Å². The average Bonchev–Trinajstić information content (AvgIpc) is 3.12. The van der Waals surface area contributed by atoms with E-state index in [2.05, 4.69) is 15.4 Å². The van der Waals surface area contributed by atoms with Crippen LogP contribution < -0.4 is 10.9 Å². The maximum Gasteiger partial charge on any atom is 0.287 e. The highest BCUT2D eigenvalue weighted by atomic mass is 16.3. The van der Waals surface area contributed by atoms with E-state index in [9.17, 15) is 9.59 Å². The Kier molecular flexibility index (Phi) is 4.28. The van der Waals surface area contributed by atoms with E-state index in [-0.39, 0.29) is 30.3 Å². The van der Waals surface area contributed by atoms with Crippen LogP contribution in [0.25, 0.3) is 11.3 Å². The van der Waals surface area contributed by atoms with E-state index in [1.54, 1.807) is 36.7 Å². The lowest BCUT2D eigenvalue weighted by Crippen LogP contribution is -2.31. The second-order valence-electron chi connectivity index (χ2n) is 4.75. The predicted octanol–water partition coefficient (Wildman–Crippen LogP) is 1.33. The molecular weight excluding hydrogens is 296 g/mol. The van der Waals surface area contributed by atoms with Crippen LogP contribution in [-0.4, -0.2) is 27.2 Å². The Labute approximate surface area is 131 Å². The molecule has 0 bridgehead atoms. The van der Waals surface area contributed by atoms with Crippen LogP contribution in [0.15, 0.2) is 64.3 Å². The molecule has 1 N–H and O–H groups in total. The Balaban J connectivity index is 1.68. The Morgan fingerprint density at radius 2 is 2.13 bits per heavy atom. The number of amides is 1. The summed E-state index contributed by atoms with van der Waals surface area (Å²) in [7, 11) is 0. The smallest absolute Gasteiger partial charge is 0.287 e. The van der Waals surface area contributed by atoms with Gasteiger partial charge in [0.1, 0.15) is 0 Å². The monoisotopic (exact) mass is 310 g/mol. The highest BCUT2D eigenvalue weighted by Gasteiger charge is 2.08. The first-order valence-electron chi connectivity index (χ1n) is 7.04. The summed E-state index contributed by atoms with van der Waals surface area (Å²) in [5.41, 5.74) is 1.24. The van der Waals surface area contributed by atoms with Crippen molar-refractivity contribution >= 4 is 5.91 Å². The van der Waals surface area contributed by atoms with Gasteiger partial charge in [0.05, 0.1) is 18.5 Å². The summed E-state index contributed by atoms with van der Waals surface area (Å²) in [5.74, 6) is -0.0964. The number of hydrogen-bond donors (Lipinski definition) is 1. The van der Waals surface area contributed by atoms with Gasteiger partial charge in [0.15, 0.2) is 5.76 Å². The number of hydrogen-bond acceptors (Lipinski definition) is 5. The minimum absolute atomic E-state index is 0.231. The summed E-state index contributed by atoms with van der Waals surface area (Å²) in [6.07, 6.45) is 4.78. The fraction of sp³-hybridized carbons (Fsp3) is 0.125. The third kappa shape index (κ3) is 3.52. The van der Waals surface area contributed by atoms with Crippen molar-refractivity contribution in [2.75, 3.05) is 6.54 Å². The Morgan fingerprint density at radius 1 is 1.22 bits per heavy atom. The lowest BCUT2D eigenvalue weighted by atomic mass is 10.2. The molecule has 7 heteroatoms. The first kappa shape index (κ1) is 14.7. The molecule has 3 aromatic rings. The lowest BCUT2D eigenvalue weighted by Gasteiger charge is -2.07. The minimum atomic E-state index is -0.327. The largest absolute Gasteiger partial charge is 0.459 e. The van der Waals surface area contributed by atoms with Crippen LogP contribution in [0, 0.1) is 0 Å². The fourth-order valence-corrected chi connectivity index (χ4v) is 2.05. The van der Waals surface area contributed by atoms with Crippen LogP contribution in [0.5, 0.6) is 0 Å². The predicted molar refractivity (Wildman–Crippen MR) is 82.8 cm³/mol. The molecule has 0 aliphatic heterocycles. The number of rotatable bonds is 5. The third-order valence-corrected chi connectivity index (χ3v) is 3.18. The number of nitrogens with zero attached hydrogens (tertiary/aromatic N) is 3. The minimum Gasteiger partial charge on any atom is -0.459 e. The number of carbonyl (C=O) groups excluding carboxylic acids is 1. The summed E-state index contributed by atoms with van der Waals surface area (Å²) in [6, 6.07) is 9.97. The van der Waals surface area contributed by atoms with Gasteiger partial charge in [-0.25, -0.2) is 4.68 Å². The molecular formula is C16H14N4O3. The Bertz CT molecular complexity index is 841. The van der Waals surface area contributed by atoms with E-state index in [4.69, 9.17) is 4.42 Å². The molecule has 116 valence electrons. The molecule has 23 heavy (non-hydrogen) atoms. The van der Waals surface area contributed by atoms with Gasteiger partial charge in [-0.3, -0.25) is 14.6 Å². The summed E-state index contributed by atoms with van der Waals surface area (Å²) in [5, 5.41) is 6.97. The van der Waals surface area contributed by atoms with Crippen LogP contribution in [0.4, 0.5) is 0 Å². The zero-order valence-electron chi connectivity index (χ0n) is 12.2. The molecule has 0 aliphatic carbocycles. The van der Waals surface area contributed by atoms with Crippen LogP contribution in [0.2, 0.25) is 0 Å². The van der Waals surface area contributed by atoms with E-state index in [0.29, 0.717) is 5.69 Å². The average molecular weight is 310 g/mol. The highest BCUT2D eigenvalue weighted by molar-refractivity contribution is 5.91. The summed E-state index contributed by atoms with van der Waals surface area (Å²) >= 11 is 0. The van der Waals surface area contributed by atoms with Gasteiger partial charge in [0, 0.05) is 30.6 Å². The molecule has 1 amide bonds. The van der Waals surface area contributed by atoms with Gasteiger partial charge in [0.2, 0.25) is 0 Å². The van der Waals surface area contributed by atoms with Crippen molar-refractivity contribution in [3.05, 3.63) is 71.2 Å². The van der Waals surface area contributed by atoms with Crippen molar-refractivity contribution in [1.82, 2.24) is 20.1 Å². The molecule has 0 radical (unpaired) electrons. The highest BCUT2D eigenvalue weighted by Crippen LogP contribution is 2.12. The zero-order valence-corrected chi connectivity index (χ0v) is 12.2. The van der Waals surface area contributed by atoms with E-state index >= 15 is 0 Å². The topological polar surface area (TPSA) is 90.0 Å². The second kappa shape index (κ2) is 6.69. The van der Waals surface area contributed by atoms with Gasteiger partial charge in [0.25, 0.3) is 11.5 Å². The summed E-state index contributed by atoms with van der Waals surface area (Å²) in [4.78, 5) is 27.6. The summed E-state index contributed by atoms with van der Waals surface area (Å²) < 4.78 is 6.31.